The average molecular weight is 296 g/mol. The summed E-state index contributed by atoms with van der Waals surface area (Å²) in [6, 6.07) is 8.26. The number of aryl methyl sites for hydroxylation is 3. The van der Waals surface area contributed by atoms with E-state index in [1.54, 1.807) is 22.2 Å². The van der Waals surface area contributed by atoms with Crippen LogP contribution < -0.4 is 0 Å². The van der Waals surface area contributed by atoms with Gasteiger partial charge in [-0.3, -0.25) is 4.79 Å². The Kier molecular flexibility index (Phi) is 3.47. The third-order valence-corrected chi connectivity index (χ3v) is 4.57. The van der Waals surface area contributed by atoms with Crippen molar-refractivity contribution in [2.45, 2.75) is 20.8 Å². The summed E-state index contributed by atoms with van der Waals surface area (Å²) in [7, 11) is 0. The minimum Gasteiger partial charge on any atom is -0.298 e. The number of aldehydes is 1. The maximum absolute atomic E-state index is 11.4. The number of nitrogens with zero attached hydrogens (tertiary/aromatic N) is 2. The summed E-state index contributed by atoms with van der Waals surface area (Å²) >= 11 is 1.61. The standard InChI is InChI=1S/C17H16N2OS/c1-11-4-5-15(13(3)8-11)19-9-14(10-20)16(18-19)17-12(2)6-7-21-17/h4-10H,1-3H3. The van der Waals surface area contributed by atoms with Gasteiger partial charge in [-0.15, -0.1) is 11.3 Å². The molecular formula is C17H16N2OS. The van der Waals surface area contributed by atoms with Crippen molar-refractivity contribution in [3.63, 3.8) is 0 Å². The van der Waals surface area contributed by atoms with Gasteiger partial charge in [-0.2, -0.15) is 5.10 Å². The fraction of sp³-hybridized carbons (Fsp3) is 0.176. The van der Waals surface area contributed by atoms with Crippen LogP contribution in [0.3, 0.4) is 0 Å². The first kappa shape index (κ1) is 13.8. The second kappa shape index (κ2) is 5.30. The summed E-state index contributed by atoms with van der Waals surface area (Å²) in [4.78, 5) is 12.4. The first-order valence-electron chi connectivity index (χ1n) is 6.77. The van der Waals surface area contributed by atoms with Crippen molar-refractivity contribution >= 4 is 17.6 Å². The van der Waals surface area contributed by atoms with Crippen molar-refractivity contribution in [1.29, 1.82) is 0 Å². The fourth-order valence-electron chi connectivity index (χ4n) is 2.45. The Morgan fingerprint density at radius 3 is 2.57 bits per heavy atom. The molecule has 0 bridgehead atoms. The first-order chi connectivity index (χ1) is 10.1. The molecule has 2 heterocycles. The van der Waals surface area contributed by atoms with Gasteiger partial charge in [-0.1, -0.05) is 17.7 Å². The molecule has 0 aliphatic carbocycles. The van der Waals surface area contributed by atoms with Gasteiger partial charge in [0.15, 0.2) is 6.29 Å². The highest BCUT2D eigenvalue weighted by molar-refractivity contribution is 7.13. The largest absolute Gasteiger partial charge is 0.298 e. The summed E-state index contributed by atoms with van der Waals surface area (Å²) < 4.78 is 1.80. The van der Waals surface area contributed by atoms with Crippen molar-refractivity contribution in [3.05, 3.63) is 58.1 Å². The van der Waals surface area contributed by atoms with E-state index in [1.165, 1.54) is 5.56 Å². The molecular weight excluding hydrogens is 280 g/mol. The number of carbonyl (C=O) groups excluding carboxylic acids is 1. The fourth-order valence-corrected chi connectivity index (χ4v) is 3.38. The maximum atomic E-state index is 11.4. The molecule has 4 heteroatoms. The van der Waals surface area contributed by atoms with Gasteiger partial charge < -0.3 is 0 Å². The molecule has 3 rings (SSSR count). The Morgan fingerprint density at radius 1 is 1.14 bits per heavy atom. The first-order valence-corrected chi connectivity index (χ1v) is 7.65. The summed E-state index contributed by atoms with van der Waals surface area (Å²) in [6.07, 6.45) is 2.68. The quantitative estimate of drug-likeness (QED) is 0.674. The molecule has 106 valence electrons. The van der Waals surface area contributed by atoms with E-state index >= 15 is 0 Å². The van der Waals surface area contributed by atoms with Crippen LogP contribution >= 0.6 is 11.3 Å². The summed E-state index contributed by atoms with van der Waals surface area (Å²) in [5.41, 5.74) is 5.90. The number of aromatic nitrogens is 2. The molecule has 3 nitrogen and oxygen atoms in total. The van der Waals surface area contributed by atoms with Gasteiger partial charge in [0, 0.05) is 6.20 Å². The Hall–Kier alpha value is -2.20. The van der Waals surface area contributed by atoms with Crippen LogP contribution in [0.4, 0.5) is 0 Å². The summed E-state index contributed by atoms with van der Waals surface area (Å²) in [5, 5.41) is 6.66. The normalized spacial score (nSPS) is 10.8. The van der Waals surface area contributed by atoms with Gasteiger partial charge in [0.2, 0.25) is 0 Å². The van der Waals surface area contributed by atoms with E-state index in [9.17, 15) is 4.79 Å². The summed E-state index contributed by atoms with van der Waals surface area (Å²) in [5.74, 6) is 0. The minimum atomic E-state index is 0.625. The highest BCUT2D eigenvalue weighted by Crippen LogP contribution is 2.30. The predicted octanol–water partition coefficient (Wildman–Crippen LogP) is 4.34. The maximum Gasteiger partial charge on any atom is 0.153 e. The number of hydrogen-bond donors (Lipinski definition) is 0. The Morgan fingerprint density at radius 2 is 1.95 bits per heavy atom. The predicted molar refractivity (Wildman–Crippen MR) is 86.5 cm³/mol. The van der Waals surface area contributed by atoms with Gasteiger partial charge in [-0.05, 0) is 49.4 Å². The molecule has 1 aromatic carbocycles. The number of hydrogen-bond acceptors (Lipinski definition) is 3. The Labute approximate surface area is 127 Å². The number of thiophene rings is 1. The third-order valence-electron chi connectivity index (χ3n) is 3.55. The van der Waals surface area contributed by atoms with Crippen LogP contribution in [0, 0.1) is 20.8 Å². The van der Waals surface area contributed by atoms with Crippen molar-refractivity contribution < 1.29 is 4.79 Å². The van der Waals surface area contributed by atoms with Crippen LogP contribution in [0.2, 0.25) is 0 Å². The SMILES string of the molecule is Cc1ccc(-n2cc(C=O)c(-c3sccc3C)n2)c(C)c1. The Bertz CT molecular complexity index is 814. The molecule has 3 aromatic rings. The highest BCUT2D eigenvalue weighted by Gasteiger charge is 2.15. The van der Waals surface area contributed by atoms with Crippen molar-refractivity contribution in [2.24, 2.45) is 0 Å². The molecule has 0 aliphatic heterocycles. The van der Waals surface area contributed by atoms with E-state index in [4.69, 9.17) is 0 Å². The van der Waals surface area contributed by atoms with Crippen molar-refractivity contribution in [3.8, 4) is 16.3 Å². The van der Waals surface area contributed by atoms with E-state index in [0.29, 0.717) is 5.56 Å². The van der Waals surface area contributed by atoms with Crippen LogP contribution in [-0.2, 0) is 0 Å². The van der Waals surface area contributed by atoms with Gasteiger partial charge in [0.1, 0.15) is 5.69 Å². The lowest BCUT2D eigenvalue weighted by Gasteiger charge is -2.06. The van der Waals surface area contributed by atoms with Crippen LogP contribution in [0.15, 0.2) is 35.8 Å². The van der Waals surface area contributed by atoms with E-state index in [2.05, 4.69) is 31.1 Å². The molecule has 0 aliphatic rings. The van der Waals surface area contributed by atoms with Gasteiger partial charge in [-0.25, -0.2) is 4.68 Å². The lowest BCUT2D eigenvalue weighted by atomic mass is 10.1. The lowest BCUT2D eigenvalue weighted by Crippen LogP contribution is -1.98. The van der Waals surface area contributed by atoms with Gasteiger partial charge in [0.05, 0.1) is 16.1 Å². The summed E-state index contributed by atoms with van der Waals surface area (Å²) in [6.45, 7) is 6.16. The molecule has 0 spiro atoms. The topological polar surface area (TPSA) is 34.9 Å². The lowest BCUT2D eigenvalue weighted by molar-refractivity contribution is 0.112. The zero-order valence-electron chi connectivity index (χ0n) is 12.3. The van der Waals surface area contributed by atoms with Crippen LogP contribution in [0.25, 0.3) is 16.3 Å². The van der Waals surface area contributed by atoms with Crippen molar-refractivity contribution in [1.82, 2.24) is 9.78 Å². The van der Waals surface area contributed by atoms with Crippen LogP contribution in [0.1, 0.15) is 27.0 Å². The molecule has 0 saturated carbocycles. The molecule has 0 radical (unpaired) electrons. The molecule has 2 aromatic heterocycles. The number of carbonyl (C=O) groups is 1. The smallest absolute Gasteiger partial charge is 0.153 e. The zero-order chi connectivity index (χ0) is 15.0. The molecule has 0 atom stereocenters. The minimum absolute atomic E-state index is 0.625. The van der Waals surface area contributed by atoms with E-state index in [0.717, 1.165) is 33.7 Å². The van der Waals surface area contributed by atoms with Gasteiger partial charge >= 0.3 is 0 Å². The molecule has 0 unspecified atom stereocenters. The molecule has 0 amide bonds. The molecule has 0 saturated heterocycles. The van der Waals surface area contributed by atoms with E-state index in [1.807, 2.05) is 24.4 Å². The van der Waals surface area contributed by atoms with E-state index < -0.39 is 0 Å². The van der Waals surface area contributed by atoms with Crippen LogP contribution in [-0.4, -0.2) is 16.1 Å². The Balaban J connectivity index is 2.16. The number of benzene rings is 1. The molecule has 21 heavy (non-hydrogen) atoms. The van der Waals surface area contributed by atoms with Gasteiger partial charge in [0.25, 0.3) is 0 Å². The molecule has 0 fully saturated rings. The van der Waals surface area contributed by atoms with E-state index in [-0.39, 0.29) is 0 Å². The van der Waals surface area contributed by atoms with Crippen LogP contribution in [0.5, 0.6) is 0 Å². The zero-order valence-corrected chi connectivity index (χ0v) is 13.1. The monoisotopic (exact) mass is 296 g/mol. The second-order valence-electron chi connectivity index (χ2n) is 5.22. The second-order valence-corrected chi connectivity index (χ2v) is 6.13. The third kappa shape index (κ3) is 2.43. The highest BCUT2D eigenvalue weighted by atomic mass is 32.1. The van der Waals surface area contributed by atoms with Crippen molar-refractivity contribution in [2.75, 3.05) is 0 Å². The number of rotatable bonds is 3. The average Bonchev–Trinajstić information content (AvgIpc) is 3.04. The molecule has 0 N–H and O–H groups in total.